The van der Waals surface area contributed by atoms with Gasteiger partial charge in [0.2, 0.25) is 11.8 Å². The number of nitrogens with one attached hydrogen (secondary N) is 2. The van der Waals surface area contributed by atoms with Crippen LogP contribution in [-0.4, -0.2) is 48.5 Å². The number of nitrogens with zero attached hydrogens (tertiary/aromatic N) is 2. The predicted octanol–water partition coefficient (Wildman–Crippen LogP) is 6.54. The molecule has 4 atom stereocenters. The Hall–Kier alpha value is -4.53. The number of benzene rings is 3. The fraction of sp³-hybridized carbons (Fsp3) is 0.432. The highest BCUT2D eigenvalue weighted by atomic mass is 16.5. The molecule has 6 rings (SSSR count). The largest absolute Gasteiger partial charge is 0.453 e. The van der Waals surface area contributed by atoms with Crippen LogP contribution in [0.1, 0.15) is 87.1 Å². The topological polar surface area (TPSA) is 117 Å². The maximum Gasteiger partial charge on any atom is 0.407 e. The standard InChI is InChI=1S/C37H45N5O4/c1-23(2)34(40-37(45)46-3)36(44)41-22-4-5-33(41)35(43)39-29-16-10-27(11-17-29)32-21-20-31(26-8-14-28(38)15-9-26)42(32)30-18-12-25(13-19-30)24-6-7-24/h8-19,23-24,31-34H,4-7,20-22,38H2,1-3H3,(H,39,43)(H,40,45)/t31-,32-,33-,34-/m0/s1. The summed E-state index contributed by atoms with van der Waals surface area (Å²) in [5.74, 6) is 0.0624. The summed E-state index contributed by atoms with van der Waals surface area (Å²) in [6.07, 6.45) is 5.21. The summed E-state index contributed by atoms with van der Waals surface area (Å²) in [5.41, 5.74) is 12.5. The normalized spacial score (nSPS) is 21.7. The minimum Gasteiger partial charge on any atom is -0.453 e. The van der Waals surface area contributed by atoms with Crippen LogP contribution in [0.2, 0.25) is 0 Å². The fourth-order valence-electron chi connectivity index (χ4n) is 7.07. The summed E-state index contributed by atoms with van der Waals surface area (Å²) in [6.45, 7) is 4.19. The van der Waals surface area contributed by atoms with E-state index in [1.54, 1.807) is 4.90 Å². The molecule has 0 radical (unpaired) electrons. The highest BCUT2D eigenvalue weighted by molar-refractivity contribution is 5.98. The maximum atomic E-state index is 13.4. The second-order valence-corrected chi connectivity index (χ2v) is 13.2. The molecule has 0 aromatic heterocycles. The Labute approximate surface area is 271 Å². The predicted molar refractivity (Wildman–Crippen MR) is 180 cm³/mol. The van der Waals surface area contributed by atoms with Gasteiger partial charge < -0.3 is 30.9 Å². The van der Waals surface area contributed by atoms with E-state index in [0.29, 0.717) is 24.6 Å². The number of anilines is 3. The lowest BCUT2D eigenvalue weighted by Crippen LogP contribution is -2.54. The summed E-state index contributed by atoms with van der Waals surface area (Å²) in [6, 6.07) is 24.5. The van der Waals surface area contributed by atoms with Gasteiger partial charge >= 0.3 is 6.09 Å². The van der Waals surface area contributed by atoms with Gasteiger partial charge in [-0.15, -0.1) is 0 Å². The lowest BCUT2D eigenvalue weighted by molar-refractivity contribution is -0.139. The third-order valence-electron chi connectivity index (χ3n) is 9.74. The number of rotatable bonds is 9. The summed E-state index contributed by atoms with van der Waals surface area (Å²) in [7, 11) is 1.27. The zero-order chi connectivity index (χ0) is 32.4. The van der Waals surface area contributed by atoms with Crippen molar-refractivity contribution in [1.82, 2.24) is 10.2 Å². The van der Waals surface area contributed by atoms with Crippen LogP contribution in [0.4, 0.5) is 21.9 Å². The van der Waals surface area contributed by atoms with Crippen molar-refractivity contribution in [3.63, 3.8) is 0 Å². The average molecular weight is 624 g/mol. The molecule has 3 aromatic carbocycles. The van der Waals surface area contributed by atoms with E-state index in [1.807, 2.05) is 38.1 Å². The van der Waals surface area contributed by atoms with Crippen molar-refractivity contribution >= 4 is 35.0 Å². The van der Waals surface area contributed by atoms with Crippen LogP contribution in [0, 0.1) is 5.92 Å². The number of alkyl carbamates (subject to hydrolysis) is 1. The van der Waals surface area contributed by atoms with Crippen LogP contribution >= 0.6 is 0 Å². The third kappa shape index (κ3) is 6.69. The number of nitrogens with two attached hydrogens (primary N) is 1. The highest BCUT2D eigenvalue weighted by Crippen LogP contribution is 2.48. The Balaban J connectivity index is 1.17. The minimum atomic E-state index is -0.767. The number of hydrogen-bond donors (Lipinski definition) is 3. The van der Waals surface area contributed by atoms with Crippen molar-refractivity contribution in [2.75, 3.05) is 29.6 Å². The minimum absolute atomic E-state index is 0.158. The first-order valence-corrected chi connectivity index (χ1v) is 16.5. The van der Waals surface area contributed by atoms with Crippen molar-refractivity contribution in [1.29, 1.82) is 0 Å². The monoisotopic (exact) mass is 623 g/mol. The molecule has 3 fully saturated rings. The second-order valence-electron chi connectivity index (χ2n) is 13.2. The number of ether oxygens (including phenoxy) is 1. The van der Waals surface area contributed by atoms with Gasteiger partial charge in [-0.3, -0.25) is 9.59 Å². The first-order valence-electron chi connectivity index (χ1n) is 16.5. The number of methoxy groups -OCH3 is 1. The van der Waals surface area contributed by atoms with E-state index in [0.717, 1.165) is 24.9 Å². The number of carbonyl (C=O) groups excluding carboxylic acids is 3. The lowest BCUT2D eigenvalue weighted by atomic mass is 10.0. The molecular formula is C37H45N5O4. The summed E-state index contributed by atoms with van der Waals surface area (Å²) in [4.78, 5) is 42.9. The Kier molecular flexibility index (Phi) is 9.20. The van der Waals surface area contributed by atoms with Gasteiger partial charge in [0.25, 0.3) is 0 Å². The average Bonchev–Trinajstić information content (AvgIpc) is 3.62. The molecule has 4 N–H and O–H groups in total. The molecular weight excluding hydrogens is 578 g/mol. The molecule has 9 nitrogen and oxygen atoms in total. The number of likely N-dealkylation sites (tertiary alicyclic amines) is 1. The first kappa shape index (κ1) is 31.5. The zero-order valence-electron chi connectivity index (χ0n) is 26.9. The van der Waals surface area contributed by atoms with Crippen LogP contribution in [-0.2, 0) is 14.3 Å². The molecule has 0 unspecified atom stereocenters. The summed E-state index contributed by atoms with van der Waals surface area (Å²) < 4.78 is 4.72. The van der Waals surface area contributed by atoms with E-state index in [2.05, 4.69) is 64.1 Å². The molecule has 242 valence electrons. The van der Waals surface area contributed by atoms with Crippen LogP contribution < -0.4 is 21.3 Å². The van der Waals surface area contributed by atoms with Gasteiger partial charge in [0.1, 0.15) is 12.1 Å². The molecule has 1 aliphatic carbocycles. The highest BCUT2D eigenvalue weighted by Gasteiger charge is 2.39. The van der Waals surface area contributed by atoms with E-state index in [1.165, 1.54) is 42.3 Å². The smallest absolute Gasteiger partial charge is 0.407 e. The number of amides is 3. The molecule has 3 aromatic rings. The molecule has 0 bridgehead atoms. The van der Waals surface area contributed by atoms with Crippen LogP contribution in [0.3, 0.4) is 0 Å². The van der Waals surface area contributed by atoms with Gasteiger partial charge in [-0.25, -0.2) is 4.79 Å². The molecule has 3 aliphatic rings. The number of hydrogen-bond acceptors (Lipinski definition) is 6. The van der Waals surface area contributed by atoms with Crippen molar-refractivity contribution in [2.24, 2.45) is 5.92 Å². The van der Waals surface area contributed by atoms with Crippen molar-refractivity contribution in [3.05, 3.63) is 89.5 Å². The SMILES string of the molecule is COC(=O)N[C@H](C(=O)N1CCC[C@H]1C(=O)Nc1ccc([C@@H]2CC[C@@H](c3ccc(N)cc3)N2c2ccc(C3CC3)cc2)cc1)C(C)C. The number of carbonyl (C=O) groups is 3. The third-order valence-corrected chi connectivity index (χ3v) is 9.74. The molecule has 9 heteroatoms. The van der Waals surface area contributed by atoms with Gasteiger partial charge in [-0.05, 0) is 103 Å². The van der Waals surface area contributed by atoms with Crippen molar-refractivity contribution in [2.45, 2.75) is 82.5 Å². The van der Waals surface area contributed by atoms with E-state index < -0.39 is 18.2 Å². The fourth-order valence-corrected chi connectivity index (χ4v) is 7.07. The molecule has 0 spiro atoms. The van der Waals surface area contributed by atoms with Gasteiger partial charge in [0, 0.05) is 23.6 Å². The summed E-state index contributed by atoms with van der Waals surface area (Å²) in [5, 5.41) is 5.67. The molecule has 2 aliphatic heterocycles. The van der Waals surface area contributed by atoms with Crippen LogP contribution in [0.5, 0.6) is 0 Å². The Bertz CT molecular complexity index is 1540. The lowest BCUT2D eigenvalue weighted by Gasteiger charge is -2.33. The summed E-state index contributed by atoms with van der Waals surface area (Å²) >= 11 is 0. The van der Waals surface area contributed by atoms with E-state index >= 15 is 0 Å². The van der Waals surface area contributed by atoms with Crippen LogP contribution in [0.25, 0.3) is 0 Å². The van der Waals surface area contributed by atoms with Gasteiger partial charge in [0.05, 0.1) is 19.2 Å². The van der Waals surface area contributed by atoms with Gasteiger partial charge in [-0.2, -0.15) is 0 Å². The zero-order valence-corrected chi connectivity index (χ0v) is 26.9. The molecule has 3 amide bonds. The Morgan fingerprint density at radius 2 is 1.39 bits per heavy atom. The van der Waals surface area contributed by atoms with Gasteiger partial charge in [0.15, 0.2) is 0 Å². The number of nitrogen functional groups attached to an aromatic ring is 1. The Morgan fingerprint density at radius 3 is 1.96 bits per heavy atom. The van der Waals surface area contributed by atoms with Crippen molar-refractivity contribution < 1.29 is 19.1 Å². The van der Waals surface area contributed by atoms with Crippen molar-refractivity contribution in [3.8, 4) is 0 Å². The van der Waals surface area contributed by atoms with E-state index in [9.17, 15) is 14.4 Å². The van der Waals surface area contributed by atoms with Gasteiger partial charge in [-0.1, -0.05) is 50.2 Å². The molecule has 2 heterocycles. The molecule has 1 saturated carbocycles. The maximum absolute atomic E-state index is 13.4. The molecule has 2 saturated heterocycles. The Morgan fingerprint density at radius 1 is 0.804 bits per heavy atom. The quantitative estimate of drug-likeness (QED) is 0.233. The van der Waals surface area contributed by atoms with E-state index in [-0.39, 0.29) is 29.8 Å². The van der Waals surface area contributed by atoms with E-state index in [4.69, 9.17) is 10.5 Å². The second kappa shape index (κ2) is 13.4. The first-order chi connectivity index (χ1) is 22.2. The van der Waals surface area contributed by atoms with Crippen LogP contribution in [0.15, 0.2) is 72.8 Å². The molecule has 46 heavy (non-hydrogen) atoms.